The van der Waals surface area contributed by atoms with Crippen molar-refractivity contribution in [3.63, 3.8) is 0 Å². The fourth-order valence-electron chi connectivity index (χ4n) is 2.64. The van der Waals surface area contributed by atoms with Gasteiger partial charge >= 0.3 is 18.3 Å². The quantitative estimate of drug-likeness (QED) is 0.309. The Labute approximate surface area is 190 Å². The molecule has 1 amide bonds. The van der Waals surface area contributed by atoms with Gasteiger partial charge in [0.2, 0.25) is 0 Å². The Morgan fingerprint density at radius 2 is 1.56 bits per heavy atom. The Morgan fingerprint density at radius 1 is 0.971 bits per heavy atom. The summed E-state index contributed by atoms with van der Waals surface area (Å²) in [7, 11) is 0. The van der Waals surface area contributed by atoms with Crippen molar-refractivity contribution in [2.24, 2.45) is 16.5 Å². The van der Waals surface area contributed by atoms with Crippen LogP contribution in [0.25, 0.3) is 6.08 Å². The Morgan fingerprint density at radius 3 is 2.00 bits per heavy atom. The van der Waals surface area contributed by atoms with Crippen LogP contribution in [0.1, 0.15) is 56.8 Å². The molecule has 0 aliphatic carbocycles. The molecule has 0 aliphatic heterocycles. The van der Waals surface area contributed by atoms with E-state index in [1.54, 1.807) is 13.8 Å². The average Bonchev–Trinajstić information content (AvgIpc) is 2.66. The van der Waals surface area contributed by atoms with Crippen LogP contribution in [-0.4, -0.2) is 22.9 Å². The first kappa shape index (κ1) is 28.2. The van der Waals surface area contributed by atoms with E-state index in [2.05, 4.69) is 4.99 Å². The minimum Gasteiger partial charge on any atom is -0.478 e. The molecule has 6 nitrogen and oxygen atoms in total. The van der Waals surface area contributed by atoms with Crippen molar-refractivity contribution < 1.29 is 41.0 Å². The Bertz CT molecular complexity index is 1130. The molecule has 0 aromatic heterocycles. The fourth-order valence-corrected chi connectivity index (χ4v) is 2.64. The molecule has 0 spiro atoms. The van der Waals surface area contributed by atoms with Gasteiger partial charge in [0.15, 0.2) is 5.96 Å². The lowest BCUT2D eigenvalue weighted by atomic mass is 9.97. The molecule has 34 heavy (non-hydrogen) atoms. The molecule has 2 rings (SSSR count). The van der Waals surface area contributed by atoms with E-state index in [-0.39, 0.29) is 16.7 Å². The van der Waals surface area contributed by atoms with Crippen molar-refractivity contribution in [1.82, 2.24) is 0 Å². The van der Waals surface area contributed by atoms with Gasteiger partial charge in [-0.3, -0.25) is 4.79 Å². The molecule has 0 saturated heterocycles. The number of hydrogen-bond donors (Lipinski definition) is 3. The Kier molecular flexibility index (Phi) is 9.01. The molecule has 12 heteroatoms. The number of nitrogens with two attached hydrogens (primary N) is 2. The number of carbonyl (C=O) groups excluding carboxylic acids is 1. The summed E-state index contributed by atoms with van der Waals surface area (Å²) in [4.78, 5) is 25.3. The minimum atomic E-state index is -4.58. The summed E-state index contributed by atoms with van der Waals surface area (Å²) in [6, 6.07) is 5.67. The number of benzene rings is 2. The number of guanidine groups is 1. The van der Waals surface area contributed by atoms with Crippen molar-refractivity contribution >= 4 is 23.9 Å². The van der Waals surface area contributed by atoms with Crippen molar-refractivity contribution in [2.75, 3.05) is 0 Å². The van der Waals surface area contributed by atoms with E-state index in [4.69, 9.17) is 16.6 Å². The fraction of sp³-hybridized carbons (Fsp3) is 0.227. The van der Waals surface area contributed by atoms with Crippen LogP contribution < -0.4 is 11.5 Å². The Balaban J connectivity index is 0.000000380. The van der Waals surface area contributed by atoms with Crippen LogP contribution in [0.5, 0.6) is 0 Å². The van der Waals surface area contributed by atoms with Crippen LogP contribution in [0.2, 0.25) is 0 Å². The van der Waals surface area contributed by atoms with E-state index in [9.17, 15) is 35.9 Å². The second-order valence-electron chi connectivity index (χ2n) is 7.20. The first-order chi connectivity index (χ1) is 15.4. The maximum Gasteiger partial charge on any atom is 0.417 e. The van der Waals surface area contributed by atoms with Gasteiger partial charge in [0.25, 0.3) is 5.91 Å². The van der Waals surface area contributed by atoms with Gasteiger partial charge in [-0.2, -0.15) is 31.3 Å². The second kappa shape index (κ2) is 10.9. The minimum absolute atomic E-state index is 0.00116. The molecule has 0 bridgehead atoms. The topological polar surface area (TPSA) is 119 Å². The number of aromatic carboxylic acids is 1. The van der Waals surface area contributed by atoms with Gasteiger partial charge < -0.3 is 16.6 Å². The lowest BCUT2D eigenvalue weighted by Crippen LogP contribution is -2.24. The highest BCUT2D eigenvalue weighted by molar-refractivity contribution is 6.03. The number of aryl methyl sites for hydroxylation is 1. The summed E-state index contributed by atoms with van der Waals surface area (Å²) in [6.07, 6.45) is -7.67. The maximum absolute atomic E-state index is 13.1. The van der Waals surface area contributed by atoms with E-state index in [0.29, 0.717) is 17.2 Å². The molecule has 0 fully saturated rings. The summed E-state index contributed by atoms with van der Waals surface area (Å²) in [5, 5.41) is 8.41. The number of halogens is 6. The molecular formula is C22H21F6N3O3. The van der Waals surface area contributed by atoms with Crippen LogP contribution >= 0.6 is 0 Å². The summed E-state index contributed by atoms with van der Waals surface area (Å²) in [5.74, 6) is -2.77. The summed E-state index contributed by atoms with van der Waals surface area (Å²) < 4.78 is 75.4. The van der Waals surface area contributed by atoms with Crippen molar-refractivity contribution in [3.05, 3.63) is 75.4 Å². The summed E-state index contributed by atoms with van der Waals surface area (Å²) >= 11 is 0. The SMILES string of the molecule is CC(C)=Cc1cc(C)c(C(=O)N=C(N)N)cc1C(F)(F)F.O=C(O)c1cccc(C(F)(F)F)c1. The lowest BCUT2D eigenvalue weighted by Gasteiger charge is -2.14. The van der Waals surface area contributed by atoms with Crippen LogP contribution in [0.4, 0.5) is 26.3 Å². The first-order valence-corrected chi connectivity index (χ1v) is 9.34. The number of carboxylic acid groups (broad SMARTS) is 1. The molecule has 0 saturated carbocycles. The van der Waals surface area contributed by atoms with Crippen molar-refractivity contribution in [1.29, 1.82) is 0 Å². The number of carboxylic acids is 1. The van der Waals surface area contributed by atoms with Gasteiger partial charge in [0, 0.05) is 5.56 Å². The number of aliphatic imine (C=N–C) groups is 1. The van der Waals surface area contributed by atoms with Crippen LogP contribution in [0, 0.1) is 6.92 Å². The standard InChI is InChI=1S/C14H16F3N3O.C8H5F3O2/c1-7(2)4-9-5-8(3)10(12(21)20-13(18)19)6-11(9)14(15,16)17;9-8(10,11)6-3-1-2-5(4-6)7(12)13/h4-6H,1-3H3,(H4,18,19,20,21);1-4H,(H,12,13). The smallest absolute Gasteiger partial charge is 0.417 e. The lowest BCUT2D eigenvalue weighted by molar-refractivity contribution is -0.138. The van der Waals surface area contributed by atoms with Gasteiger partial charge in [-0.15, -0.1) is 0 Å². The molecule has 0 unspecified atom stereocenters. The number of nitrogens with zero attached hydrogens (tertiary/aromatic N) is 1. The van der Waals surface area contributed by atoms with E-state index < -0.39 is 41.3 Å². The maximum atomic E-state index is 13.1. The molecule has 2 aromatic carbocycles. The molecule has 0 radical (unpaired) electrons. The number of amides is 1. The van der Waals surface area contributed by atoms with E-state index >= 15 is 0 Å². The highest BCUT2D eigenvalue weighted by Crippen LogP contribution is 2.35. The third-order valence-electron chi connectivity index (χ3n) is 4.04. The number of carbonyl (C=O) groups is 2. The molecule has 0 aliphatic rings. The third-order valence-corrected chi connectivity index (χ3v) is 4.04. The van der Waals surface area contributed by atoms with Crippen molar-refractivity contribution in [2.45, 2.75) is 33.1 Å². The first-order valence-electron chi connectivity index (χ1n) is 9.34. The Hall–Kier alpha value is -3.83. The van der Waals surface area contributed by atoms with Crippen LogP contribution in [-0.2, 0) is 12.4 Å². The van der Waals surface area contributed by atoms with Crippen LogP contribution in [0.3, 0.4) is 0 Å². The van der Waals surface area contributed by atoms with Gasteiger partial charge in [-0.05, 0) is 56.2 Å². The highest BCUT2D eigenvalue weighted by atomic mass is 19.4. The number of allylic oxidation sites excluding steroid dienone is 1. The molecule has 2 aromatic rings. The third kappa shape index (κ3) is 8.26. The van der Waals surface area contributed by atoms with Gasteiger partial charge in [-0.25, -0.2) is 4.79 Å². The van der Waals surface area contributed by atoms with E-state index in [1.165, 1.54) is 19.1 Å². The predicted octanol–water partition coefficient (Wildman–Crippen LogP) is 5.25. The zero-order valence-electron chi connectivity index (χ0n) is 18.2. The number of alkyl halides is 6. The molecular weight excluding hydrogens is 468 g/mol. The molecule has 5 N–H and O–H groups in total. The number of rotatable bonds is 3. The summed E-state index contributed by atoms with van der Waals surface area (Å²) in [5.41, 5.74) is 8.83. The van der Waals surface area contributed by atoms with Crippen LogP contribution in [0.15, 0.2) is 47.0 Å². The predicted molar refractivity (Wildman–Crippen MR) is 114 cm³/mol. The zero-order valence-corrected chi connectivity index (χ0v) is 18.2. The molecule has 184 valence electrons. The molecule has 0 heterocycles. The van der Waals surface area contributed by atoms with E-state index in [0.717, 1.165) is 24.3 Å². The highest BCUT2D eigenvalue weighted by Gasteiger charge is 2.34. The van der Waals surface area contributed by atoms with Gasteiger partial charge in [0.05, 0.1) is 16.7 Å². The monoisotopic (exact) mass is 489 g/mol. The molecule has 0 atom stereocenters. The largest absolute Gasteiger partial charge is 0.478 e. The number of hydrogen-bond acceptors (Lipinski definition) is 2. The second-order valence-corrected chi connectivity index (χ2v) is 7.20. The van der Waals surface area contributed by atoms with E-state index in [1.807, 2.05) is 0 Å². The van der Waals surface area contributed by atoms with Gasteiger partial charge in [-0.1, -0.05) is 23.8 Å². The summed E-state index contributed by atoms with van der Waals surface area (Å²) in [6.45, 7) is 4.90. The zero-order chi connectivity index (χ0) is 26.4. The van der Waals surface area contributed by atoms with Gasteiger partial charge in [0.1, 0.15) is 0 Å². The van der Waals surface area contributed by atoms with Crippen molar-refractivity contribution in [3.8, 4) is 0 Å². The normalized spacial score (nSPS) is 11.1. The average molecular weight is 489 g/mol.